The van der Waals surface area contributed by atoms with Crippen LogP contribution in [0, 0.1) is 10.1 Å². The zero-order valence-corrected chi connectivity index (χ0v) is 13.8. The number of carbonyl (C=O) groups is 1. The third-order valence-electron chi connectivity index (χ3n) is 4.05. The molecule has 0 N–H and O–H groups in total. The van der Waals surface area contributed by atoms with Crippen LogP contribution in [-0.2, 0) is 9.63 Å². The molecule has 0 radical (unpaired) electrons. The second kappa shape index (κ2) is 8.95. The van der Waals surface area contributed by atoms with Crippen LogP contribution in [0.5, 0.6) is 5.75 Å². The summed E-state index contributed by atoms with van der Waals surface area (Å²) >= 11 is 0. The van der Waals surface area contributed by atoms with Gasteiger partial charge in [-0.2, -0.15) is 0 Å². The third-order valence-corrected chi connectivity index (χ3v) is 4.05. The molecule has 1 aliphatic rings. The number of hydrogen-bond donors (Lipinski definition) is 0. The average molecular weight is 337 g/mol. The number of rotatable bonds is 8. The second-order valence-corrected chi connectivity index (χ2v) is 5.58. The largest absolute Gasteiger partial charge is 0.497 e. The van der Waals surface area contributed by atoms with E-state index < -0.39 is 5.09 Å². The van der Waals surface area contributed by atoms with Gasteiger partial charge >= 0.3 is 0 Å². The van der Waals surface area contributed by atoms with Crippen molar-refractivity contribution >= 4 is 11.6 Å². The normalized spacial score (nSPS) is 14.4. The molecule has 0 saturated carbocycles. The molecular formula is C16H23N3O5. The topological polar surface area (TPSA) is 85.2 Å². The summed E-state index contributed by atoms with van der Waals surface area (Å²) in [6.45, 7) is 3.02. The van der Waals surface area contributed by atoms with Gasteiger partial charge in [-0.05, 0) is 37.1 Å². The zero-order valence-electron chi connectivity index (χ0n) is 13.8. The Hall–Kier alpha value is -2.51. The third kappa shape index (κ3) is 5.29. The summed E-state index contributed by atoms with van der Waals surface area (Å²) in [4.78, 5) is 30.5. The van der Waals surface area contributed by atoms with E-state index in [4.69, 9.17) is 4.74 Å². The van der Waals surface area contributed by atoms with Crippen LogP contribution >= 0.6 is 0 Å². The number of ether oxygens (including phenoxy) is 1. The summed E-state index contributed by atoms with van der Waals surface area (Å²) < 4.78 is 5.16. The number of anilines is 1. The van der Waals surface area contributed by atoms with E-state index in [2.05, 4.69) is 9.74 Å². The molecule has 1 saturated heterocycles. The van der Waals surface area contributed by atoms with Crippen LogP contribution in [0.15, 0.2) is 24.3 Å². The Balaban J connectivity index is 1.69. The molecule has 132 valence electrons. The van der Waals surface area contributed by atoms with Crippen LogP contribution in [0.3, 0.4) is 0 Å². The number of amides is 1. The molecule has 1 aromatic rings. The van der Waals surface area contributed by atoms with E-state index in [1.807, 2.05) is 29.2 Å². The molecule has 2 rings (SSSR count). The van der Waals surface area contributed by atoms with Gasteiger partial charge in [-0.25, -0.2) is 0 Å². The lowest BCUT2D eigenvalue weighted by molar-refractivity contribution is -0.757. The highest BCUT2D eigenvalue weighted by Gasteiger charge is 2.20. The Bertz CT molecular complexity index is 541. The van der Waals surface area contributed by atoms with Crippen LogP contribution in [0.4, 0.5) is 5.69 Å². The van der Waals surface area contributed by atoms with Crippen LogP contribution in [0.1, 0.15) is 19.3 Å². The number of hydrogen-bond acceptors (Lipinski definition) is 6. The van der Waals surface area contributed by atoms with Crippen molar-refractivity contribution in [3.8, 4) is 5.75 Å². The van der Waals surface area contributed by atoms with Crippen molar-refractivity contribution in [1.29, 1.82) is 0 Å². The smallest absolute Gasteiger partial charge is 0.294 e. The summed E-state index contributed by atoms with van der Waals surface area (Å²) in [7, 11) is 1.64. The second-order valence-electron chi connectivity index (χ2n) is 5.58. The van der Waals surface area contributed by atoms with E-state index >= 15 is 0 Å². The Labute approximate surface area is 141 Å². The first-order chi connectivity index (χ1) is 11.6. The van der Waals surface area contributed by atoms with Crippen molar-refractivity contribution in [3.63, 3.8) is 0 Å². The number of carbonyl (C=O) groups excluding carboxylic acids is 1. The van der Waals surface area contributed by atoms with Crippen molar-refractivity contribution < 1.29 is 19.5 Å². The number of nitrogens with zero attached hydrogens (tertiary/aromatic N) is 3. The van der Waals surface area contributed by atoms with Crippen LogP contribution in [-0.4, -0.2) is 55.8 Å². The van der Waals surface area contributed by atoms with E-state index in [-0.39, 0.29) is 12.5 Å². The molecule has 1 heterocycles. The van der Waals surface area contributed by atoms with Gasteiger partial charge in [-0.3, -0.25) is 4.79 Å². The molecule has 24 heavy (non-hydrogen) atoms. The van der Waals surface area contributed by atoms with Gasteiger partial charge in [0.15, 0.2) is 0 Å². The summed E-state index contributed by atoms with van der Waals surface area (Å²) in [5, 5.41) is 9.22. The first-order valence-corrected chi connectivity index (χ1v) is 8.04. The molecule has 1 aromatic carbocycles. The van der Waals surface area contributed by atoms with E-state index in [1.54, 1.807) is 7.11 Å². The minimum atomic E-state index is -0.805. The van der Waals surface area contributed by atoms with Gasteiger partial charge in [-0.1, -0.05) is 0 Å². The fourth-order valence-electron chi connectivity index (χ4n) is 2.68. The summed E-state index contributed by atoms with van der Waals surface area (Å²) in [6, 6.07) is 7.90. The highest BCUT2D eigenvalue weighted by Crippen LogP contribution is 2.20. The summed E-state index contributed by atoms with van der Waals surface area (Å²) in [5.74, 6) is 0.930. The molecule has 1 fully saturated rings. The predicted molar refractivity (Wildman–Crippen MR) is 88.6 cm³/mol. The quantitative estimate of drug-likeness (QED) is 0.408. The van der Waals surface area contributed by atoms with Crippen LogP contribution in [0.25, 0.3) is 0 Å². The molecule has 0 bridgehead atoms. The van der Waals surface area contributed by atoms with E-state index in [9.17, 15) is 14.9 Å². The Kier molecular flexibility index (Phi) is 6.65. The maximum absolute atomic E-state index is 12.1. The number of methoxy groups -OCH3 is 1. The molecule has 1 aliphatic heterocycles. The highest BCUT2D eigenvalue weighted by atomic mass is 16.9. The average Bonchev–Trinajstić information content (AvgIpc) is 2.61. The van der Waals surface area contributed by atoms with Gasteiger partial charge in [0.05, 0.1) is 13.7 Å². The van der Waals surface area contributed by atoms with Gasteiger partial charge < -0.3 is 19.4 Å². The van der Waals surface area contributed by atoms with E-state index in [0.29, 0.717) is 32.4 Å². The molecular weight excluding hydrogens is 314 g/mol. The SMILES string of the molecule is COc1ccc(N2CCN(C(=O)CCCCO[N+](=O)[O-])CC2)cc1. The highest BCUT2D eigenvalue weighted by molar-refractivity contribution is 5.76. The van der Waals surface area contributed by atoms with Crippen molar-refractivity contribution in [2.45, 2.75) is 19.3 Å². The molecule has 8 nitrogen and oxygen atoms in total. The molecule has 0 atom stereocenters. The summed E-state index contributed by atoms with van der Waals surface area (Å²) in [5.41, 5.74) is 1.12. The lowest BCUT2D eigenvalue weighted by atomic mass is 10.2. The first kappa shape index (κ1) is 17.8. The monoisotopic (exact) mass is 337 g/mol. The molecule has 0 aliphatic carbocycles. The van der Waals surface area contributed by atoms with Crippen LogP contribution in [0.2, 0.25) is 0 Å². The predicted octanol–water partition coefficient (Wildman–Crippen LogP) is 1.72. The van der Waals surface area contributed by atoms with E-state index in [0.717, 1.165) is 24.5 Å². The Morgan fingerprint density at radius 1 is 1.17 bits per heavy atom. The molecule has 0 spiro atoms. The maximum Gasteiger partial charge on any atom is 0.294 e. The van der Waals surface area contributed by atoms with Gasteiger partial charge in [-0.15, -0.1) is 10.1 Å². The summed E-state index contributed by atoms with van der Waals surface area (Å²) in [6.07, 6.45) is 1.52. The number of benzene rings is 1. The first-order valence-electron chi connectivity index (χ1n) is 8.04. The minimum absolute atomic E-state index is 0.0472. The number of unbranched alkanes of at least 4 members (excludes halogenated alkanes) is 1. The standard InChI is InChI=1S/C16H23N3O5/c1-23-15-7-5-14(6-8-15)17-9-11-18(12-10-17)16(20)4-2-3-13-24-19(21)22/h5-8H,2-4,9-13H2,1H3. The lowest BCUT2D eigenvalue weighted by Gasteiger charge is -2.36. The van der Waals surface area contributed by atoms with Crippen molar-refractivity contribution in [3.05, 3.63) is 34.4 Å². The minimum Gasteiger partial charge on any atom is -0.497 e. The Morgan fingerprint density at radius 2 is 1.83 bits per heavy atom. The van der Waals surface area contributed by atoms with Crippen molar-refractivity contribution in [2.75, 3.05) is 44.8 Å². The van der Waals surface area contributed by atoms with Gasteiger partial charge in [0, 0.05) is 38.3 Å². The maximum atomic E-state index is 12.1. The van der Waals surface area contributed by atoms with Crippen molar-refractivity contribution in [1.82, 2.24) is 4.90 Å². The fraction of sp³-hybridized carbons (Fsp3) is 0.562. The zero-order chi connectivity index (χ0) is 17.4. The van der Waals surface area contributed by atoms with Crippen molar-refractivity contribution in [2.24, 2.45) is 0 Å². The lowest BCUT2D eigenvalue weighted by Crippen LogP contribution is -2.48. The molecule has 0 aromatic heterocycles. The molecule has 8 heteroatoms. The molecule has 1 amide bonds. The molecule has 0 unspecified atom stereocenters. The van der Waals surface area contributed by atoms with Crippen LogP contribution < -0.4 is 9.64 Å². The Morgan fingerprint density at radius 3 is 2.42 bits per heavy atom. The van der Waals surface area contributed by atoms with Gasteiger partial charge in [0.2, 0.25) is 5.91 Å². The van der Waals surface area contributed by atoms with Gasteiger partial charge in [0.25, 0.3) is 5.09 Å². The number of piperazine rings is 1. The fourth-order valence-corrected chi connectivity index (χ4v) is 2.68. The van der Waals surface area contributed by atoms with Gasteiger partial charge in [0.1, 0.15) is 5.75 Å². The van der Waals surface area contributed by atoms with E-state index in [1.165, 1.54) is 0 Å².